The van der Waals surface area contributed by atoms with Crippen LogP contribution in [0.15, 0.2) is 30.3 Å². The molecule has 5 nitrogen and oxygen atoms in total. The lowest BCUT2D eigenvalue weighted by atomic mass is 10.1. The maximum absolute atomic E-state index is 5.80. The zero-order valence-corrected chi connectivity index (χ0v) is 13.3. The van der Waals surface area contributed by atoms with Gasteiger partial charge in [0.1, 0.15) is 0 Å². The summed E-state index contributed by atoms with van der Waals surface area (Å²) in [5.41, 5.74) is 12.7. The van der Waals surface area contributed by atoms with Crippen LogP contribution in [0, 0.1) is 27.7 Å². The summed E-state index contributed by atoms with van der Waals surface area (Å²) < 4.78 is 1.95. The quantitative estimate of drug-likeness (QED) is 0.788. The van der Waals surface area contributed by atoms with Crippen LogP contribution in [0.25, 0.3) is 16.9 Å². The minimum atomic E-state index is 0.287. The van der Waals surface area contributed by atoms with Crippen molar-refractivity contribution in [3.05, 3.63) is 53.0 Å². The van der Waals surface area contributed by atoms with E-state index in [1.165, 1.54) is 5.56 Å². The molecule has 0 saturated heterocycles. The third-order valence-electron chi connectivity index (χ3n) is 3.54. The number of benzene rings is 1. The average molecular weight is 293 g/mol. The Morgan fingerprint density at radius 1 is 0.909 bits per heavy atom. The molecular formula is C17H19N5. The van der Waals surface area contributed by atoms with Crippen molar-refractivity contribution in [1.82, 2.24) is 19.7 Å². The molecular weight excluding hydrogens is 274 g/mol. The summed E-state index contributed by atoms with van der Waals surface area (Å²) >= 11 is 0. The number of nitrogen functional groups attached to an aromatic ring is 1. The molecule has 2 aromatic heterocycles. The maximum Gasteiger partial charge on any atom is 0.220 e. The van der Waals surface area contributed by atoms with Crippen molar-refractivity contribution in [3.63, 3.8) is 0 Å². The first-order chi connectivity index (χ1) is 10.4. The Bertz CT molecular complexity index is 828. The van der Waals surface area contributed by atoms with E-state index in [9.17, 15) is 0 Å². The van der Waals surface area contributed by atoms with Crippen LogP contribution in [-0.4, -0.2) is 19.7 Å². The summed E-state index contributed by atoms with van der Waals surface area (Å²) in [6.45, 7) is 8.02. The molecule has 0 aliphatic carbocycles. The first-order valence-corrected chi connectivity index (χ1v) is 7.20. The topological polar surface area (TPSA) is 69.6 Å². The molecule has 112 valence electrons. The van der Waals surface area contributed by atoms with Crippen LogP contribution in [0.2, 0.25) is 0 Å². The molecule has 0 unspecified atom stereocenters. The SMILES string of the molecule is Cc1ccc(-c2cc(C)nc(N)n2)c(-n2nc(C)cc2C)c1. The highest BCUT2D eigenvalue weighted by atomic mass is 15.3. The standard InChI is InChI=1S/C17H19N5/c1-10-5-6-14(15-9-11(2)19-17(18)20-15)16(7-10)22-13(4)8-12(3)21-22/h5-9H,1-4H3,(H2,18,19,20). The molecule has 0 spiro atoms. The van der Waals surface area contributed by atoms with E-state index in [4.69, 9.17) is 5.73 Å². The van der Waals surface area contributed by atoms with Gasteiger partial charge in [-0.05, 0) is 51.5 Å². The van der Waals surface area contributed by atoms with E-state index in [0.717, 1.165) is 34.0 Å². The van der Waals surface area contributed by atoms with E-state index < -0.39 is 0 Å². The second-order valence-electron chi connectivity index (χ2n) is 5.61. The van der Waals surface area contributed by atoms with Gasteiger partial charge in [0.2, 0.25) is 5.95 Å². The second kappa shape index (κ2) is 5.26. The fourth-order valence-electron chi connectivity index (χ4n) is 2.64. The summed E-state index contributed by atoms with van der Waals surface area (Å²) in [4.78, 5) is 8.53. The van der Waals surface area contributed by atoms with E-state index in [1.54, 1.807) is 0 Å². The normalized spacial score (nSPS) is 10.9. The Kier molecular flexibility index (Phi) is 3.41. The number of aromatic nitrogens is 4. The third kappa shape index (κ3) is 2.57. The second-order valence-corrected chi connectivity index (χ2v) is 5.61. The van der Waals surface area contributed by atoms with E-state index in [0.29, 0.717) is 0 Å². The van der Waals surface area contributed by atoms with Crippen molar-refractivity contribution in [2.45, 2.75) is 27.7 Å². The predicted octanol–water partition coefficient (Wildman–Crippen LogP) is 3.15. The summed E-state index contributed by atoms with van der Waals surface area (Å²) in [6, 6.07) is 10.2. The molecule has 0 bridgehead atoms. The molecule has 1 aromatic carbocycles. The Labute approximate surface area is 129 Å². The molecule has 0 aliphatic heterocycles. The summed E-state index contributed by atoms with van der Waals surface area (Å²) in [7, 11) is 0. The van der Waals surface area contributed by atoms with Crippen molar-refractivity contribution in [3.8, 4) is 16.9 Å². The first kappa shape index (κ1) is 14.3. The number of nitrogens with zero attached hydrogens (tertiary/aromatic N) is 4. The van der Waals surface area contributed by atoms with Gasteiger partial charge in [0.05, 0.1) is 17.1 Å². The summed E-state index contributed by atoms with van der Waals surface area (Å²) in [5.74, 6) is 0.287. The van der Waals surface area contributed by atoms with Gasteiger partial charge in [0.15, 0.2) is 0 Å². The fraction of sp³-hybridized carbons (Fsp3) is 0.235. The van der Waals surface area contributed by atoms with Crippen LogP contribution in [-0.2, 0) is 0 Å². The summed E-state index contributed by atoms with van der Waals surface area (Å²) in [6.07, 6.45) is 0. The maximum atomic E-state index is 5.80. The summed E-state index contributed by atoms with van der Waals surface area (Å²) in [5, 5.41) is 4.59. The van der Waals surface area contributed by atoms with Gasteiger partial charge in [0, 0.05) is 17.0 Å². The molecule has 3 rings (SSSR count). The third-order valence-corrected chi connectivity index (χ3v) is 3.54. The minimum Gasteiger partial charge on any atom is -0.368 e. The van der Waals surface area contributed by atoms with E-state index in [2.05, 4.69) is 46.3 Å². The number of rotatable bonds is 2. The minimum absolute atomic E-state index is 0.287. The largest absolute Gasteiger partial charge is 0.368 e. The number of anilines is 1. The van der Waals surface area contributed by atoms with Gasteiger partial charge in [-0.3, -0.25) is 0 Å². The zero-order chi connectivity index (χ0) is 15.9. The van der Waals surface area contributed by atoms with Gasteiger partial charge in [0.25, 0.3) is 0 Å². The molecule has 3 aromatic rings. The van der Waals surface area contributed by atoms with Crippen LogP contribution in [0.1, 0.15) is 22.6 Å². The first-order valence-electron chi connectivity index (χ1n) is 7.20. The molecule has 0 saturated carbocycles. The number of nitrogens with two attached hydrogens (primary N) is 1. The van der Waals surface area contributed by atoms with Crippen molar-refractivity contribution < 1.29 is 0 Å². The Morgan fingerprint density at radius 2 is 1.68 bits per heavy atom. The van der Waals surface area contributed by atoms with Crippen molar-refractivity contribution in [1.29, 1.82) is 0 Å². The van der Waals surface area contributed by atoms with E-state index in [-0.39, 0.29) is 5.95 Å². The highest BCUT2D eigenvalue weighted by Crippen LogP contribution is 2.28. The molecule has 2 heterocycles. The highest BCUT2D eigenvalue weighted by Gasteiger charge is 2.13. The molecule has 2 N–H and O–H groups in total. The van der Waals surface area contributed by atoms with E-state index in [1.807, 2.05) is 31.5 Å². The lowest BCUT2D eigenvalue weighted by molar-refractivity contribution is 0.833. The number of hydrogen-bond acceptors (Lipinski definition) is 4. The van der Waals surface area contributed by atoms with Gasteiger partial charge in [-0.15, -0.1) is 0 Å². The van der Waals surface area contributed by atoms with Gasteiger partial charge in [-0.25, -0.2) is 14.6 Å². The van der Waals surface area contributed by atoms with E-state index >= 15 is 0 Å². The van der Waals surface area contributed by atoms with Crippen molar-refractivity contribution in [2.75, 3.05) is 5.73 Å². The van der Waals surface area contributed by atoms with Gasteiger partial charge >= 0.3 is 0 Å². The lowest BCUT2D eigenvalue weighted by Gasteiger charge is -2.13. The molecule has 0 fully saturated rings. The van der Waals surface area contributed by atoms with Crippen molar-refractivity contribution >= 4 is 5.95 Å². The van der Waals surface area contributed by atoms with Crippen LogP contribution >= 0.6 is 0 Å². The predicted molar refractivity (Wildman–Crippen MR) is 88.0 cm³/mol. The molecule has 5 heteroatoms. The van der Waals surface area contributed by atoms with Crippen LogP contribution in [0.5, 0.6) is 0 Å². The van der Waals surface area contributed by atoms with Crippen molar-refractivity contribution in [2.24, 2.45) is 0 Å². The fourth-order valence-corrected chi connectivity index (χ4v) is 2.64. The smallest absolute Gasteiger partial charge is 0.220 e. The van der Waals surface area contributed by atoms with Gasteiger partial charge < -0.3 is 5.73 Å². The van der Waals surface area contributed by atoms with Crippen LogP contribution < -0.4 is 5.73 Å². The Morgan fingerprint density at radius 3 is 2.32 bits per heavy atom. The van der Waals surface area contributed by atoms with Crippen LogP contribution in [0.3, 0.4) is 0 Å². The molecule has 0 radical (unpaired) electrons. The molecule has 22 heavy (non-hydrogen) atoms. The Balaban J connectivity index is 2.26. The van der Waals surface area contributed by atoms with Crippen LogP contribution in [0.4, 0.5) is 5.95 Å². The average Bonchev–Trinajstić information content (AvgIpc) is 2.76. The Hall–Kier alpha value is -2.69. The zero-order valence-electron chi connectivity index (χ0n) is 13.3. The van der Waals surface area contributed by atoms with Gasteiger partial charge in [-0.1, -0.05) is 12.1 Å². The number of hydrogen-bond donors (Lipinski definition) is 1. The molecule has 0 aliphatic rings. The number of aryl methyl sites for hydroxylation is 4. The lowest BCUT2D eigenvalue weighted by Crippen LogP contribution is -2.04. The molecule has 0 amide bonds. The highest BCUT2D eigenvalue weighted by molar-refractivity contribution is 5.71. The monoisotopic (exact) mass is 293 g/mol. The molecule has 0 atom stereocenters. The van der Waals surface area contributed by atoms with Gasteiger partial charge in [-0.2, -0.15) is 5.10 Å².